The summed E-state index contributed by atoms with van der Waals surface area (Å²) in [5.41, 5.74) is 1.09. The zero-order valence-corrected chi connectivity index (χ0v) is 15.4. The van der Waals surface area contributed by atoms with E-state index in [1.807, 2.05) is 30.5 Å². The van der Waals surface area contributed by atoms with Crippen LogP contribution in [0.15, 0.2) is 28.7 Å². The van der Waals surface area contributed by atoms with Crippen LogP contribution in [-0.2, 0) is 11.2 Å². The lowest BCUT2D eigenvalue weighted by Gasteiger charge is -2.18. The van der Waals surface area contributed by atoms with Crippen LogP contribution in [0.25, 0.3) is 0 Å². The van der Waals surface area contributed by atoms with Crippen molar-refractivity contribution < 1.29 is 9.90 Å². The molecule has 1 amide bonds. The molecule has 0 radical (unpaired) electrons. The van der Waals surface area contributed by atoms with Crippen molar-refractivity contribution in [1.82, 2.24) is 5.32 Å². The van der Waals surface area contributed by atoms with Crippen molar-refractivity contribution in [1.29, 1.82) is 0 Å². The van der Waals surface area contributed by atoms with Crippen molar-refractivity contribution in [2.24, 2.45) is 5.92 Å². The summed E-state index contributed by atoms with van der Waals surface area (Å²) in [7, 11) is 0. The van der Waals surface area contributed by atoms with E-state index in [0.29, 0.717) is 18.6 Å². The Morgan fingerprint density at radius 3 is 2.67 bits per heavy atom. The Morgan fingerprint density at radius 1 is 1.43 bits per heavy atom. The second-order valence-corrected chi connectivity index (χ2v) is 7.14. The normalized spacial score (nSPS) is 13.7. The summed E-state index contributed by atoms with van der Waals surface area (Å²) in [4.78, 5) is 12.2. The smallest absolute Gasteiger partial charge is 0.226 e. The SMILES string of the molecule is CSCCCC(O)NC(=O)C(CS)Cc1ccc(Br)cc1. The molecule has 0 saturated carbocycles. The number of thiol groups is 1. The maximum absolute atomic E-state index is 12.2. The minimum atomic E-state index is -0.767. The molecule has 0 heterocycles. The zero-order valence-electron chi connectivity index (χ0n) is 12.1. The number of aliphatic hydroxyl groups is 1. The number of halogens is 1. The number of carbonyl (C=O) groups excluding carboxylic acids is 1. The van der Waals surface area contributed by atoms with E-state index in [4.69, 9.17) is 0 Å². The van der Waals surface area contributed by atoms with Gasteiger partial charge in [0.25, 0.3) is 0 Å². The standard InChI is InChI=1S/C15H22BrNO2S2/c1-21-8-2-3-14(18)17-15(19)12(10-20)9-11-4-6-13(16)7-5-11/h4-7,12,14,18,20H,2-3,8-10H2,1H3,(H,17,19). The molecule has 1 aromatic carbocycles. The topological polar surface area (TPSA) is 49.3 Å². The van der Waals surface area contributed by atoms with Gasteiger partial charge in [0.05, 0.1) is 5.92 Å². The molecule has 0 aliphatic rings. The second-order valence-electron chi connectivity index (χ2n) is 4.87. The fourth-order valence-corrected chi connectivity index (χ4v) is 2.94. The highest BCUT2D eigenvalue weighted by Gasteiger charge is 2.19. The van der Waals surface area contributed by atoms with Crippen LogP contribution in [-0.4, -0.2) is 35.0 Å². The third-order valence-electron chi connectivity index (χ3n) is 3.12. The van der Waals surface area contributed by atoms with Gasteiger partial charge in [-0.2, -0.15) is 24.4 Å². The van der Waals surface area contributed by atoms with Crippen LogP contribution >= 0.6 is 40.3 Å². The molecule has 1 rings (SSSR count). The van der Waals surface area contributed by atoms with Gasteiger partial charge >= 0.3 is 0 Å². The van der Waals surface area contributed by atoms with Crippen molar-refractivity contribution in [2.75, 3.05) is 17.8 Å². The first-order chi connectivity index (χ1) is 10.1. The van der Waals surface area contributed by atoms with Crippen molar-refractivity contribution in [2.45, 2.75) is 25.5 Å². The summed E-state index contributed by atoms with van der Waals surface area (Å²) in [6, 6.07) is 7.89. The van der Waals surface area contributed by atoms with E-state index >= 15 is 0 Å². The highest BCUT2D eigenvalue weighted by Crippen LogP contribution is 2.15. The minimum absolute atomic E-state index is 0.135. The average Bonchev–Trinajstić information content (AvgIpc) is 2.46. The van der Waals surface area contributed by atoms with E-state index in [0.717, 1.165) is 22.2 Å². The predicted octanol–water partition coefficient (Wildman–Crippen LogP) is 3.12. The molecule has 2 unspecified atom stereocenters. The van der Waals surface area contributed by atoms with Gasteiger partial charge in [-0.3, -0.25) is 4.79 Å². The predicted molar refractivity (Wildman–Crippen MR) is 97.0 cm³/mol. The van der Waals surface area contributed by atoms with E-state index in [-0.39, 0.29) is 11.8 Å². The second kappa shape index (κ2) is 10.5. The Morgan fingerprint density at radius 2 is 2.10 bits per heavy atom. The Hall–Kier alpha value is -0.170. The monoisotopic (exact) mass is 391 g/mol. The van der Waals surface area contributed by atoms with Gasteiger partial charge in [-0.1, -0.05) is 28.1 Å². The van der Waals surface area contributed by atoms with Gasteiger partial charge in [-0.25, -0.2) is 0 Å². The molecular weight excluding hydrogens is 370 g/mol. The third kappa shape index (κ3) is 7.58. The van der Waals surface area contributed by atoms with Crippen LogP contribution in [0, 0.1) is 5.92 Å². The largest absolute Gasteiger partial charge is 0.374 e. The molecule has 0 spiro atoms. The maximum atomic E-state index is 12.2. The molecule has 0 saturated heterocycles. The summed E-state index contributed by atoms with van der Waals surface area (Å²) in [5.74, 6) is 1.08. The number of hydrogen-bond acceptors (Lipinski definition) is 4. The molecule has 2 N–H and O–H groups in total. The van der Waals surface area contributed by atoms with E-state index in [9.17, 15) is 9.90 Å². The lowest BCUT2D eigenvalue weighted by Crippen LogP contribution is -2.40. The molecule has 118 valence electrons. The first kappa shape index (κ1) is 18.9. The average molecular weight is 392 g/mol. The van der Waals surface area contributed by atoms with Crippen molar-refractivity contribution in [3.63, 3.8) is 0 Å². The molecule has 0 bridgehead atoms. The lowest BCUT2D eigenvalue weighted by molar-refractivity contribution is -0.127. The van der Waals surface area contributed by atoms with Gasteiger partial charge in [0.2, 0.25) is 5.91 Å². The van der Waals surface area contributed by atoms with Crippen LogP contribution in [0.4, 0.5) is 0 Å². The quantitative estimate of drug-likeness (QED) is 0.344. The number of thioether (sulfide) groups is 1. The molecule has 3 nitrogen and oxygen atoms in total. The number of benzene rings is 1. The number of nitrogens with one attached hydrogen (secondary N) is 1. The van der Waals surface area contributed by atoms with E-state index in [2.05, 4.69) is 33.9 Å². The van der Waals surface area contributed by atoms with E-state index in [1.54, 1.807) is 11.8 Å². The summed E-state index contributed by atoms with van der Waals surface area (Å²) in [6.45, 7) is 0. The number of aliphatic hydroxyl groups excluding tert-OH is 1. The Bertz CT molecular complexity index is 428. The van der Waals surface area contributed by atoms with Crippen molar-refractivity contribution >= 4 is 46.2 Å². The highest BCUT2D eigenvalue weighted by molar-refractivity contribution is 9.10. The third-order valence-corrected chi connectivity index (χ3v) is 4.79. The Balaban J connectivity index is 2.47. The summed E-state index contributed by atoms with van der Waals surface area (Å²) in [5, 5.41) is 12.5. The lowest BCUT2D eigenvalue weighted by atomic mass is 10.00. The van der Waals surface area contributed by atoms with Gasteiger partial charge in [-0.15, -0.1) is 0 Å². The fourth-order valence-electron chi connectivity index (χ4n) is 1.92. The van der Waals surface area contributed by atoms with Crippen LogP contribution in [0.3, 0.4) is 0 Å². The number of amides is 1. The molecule has 21 heavy (non-hydrogen) atoms. The molecule has 0 aromatic heterocycles. The van der Waals surface area contributed by atoms with Gasteiger partial charge in [0.15, 0.2) is 0 Å². The van der Waals surface area contributed by atoms with Crippen molar-refractivity contribution in [3.8, 4) is 0 Å². The fraction of sp³-hybridized carbons (Fsp3) is 0.533. The van der Waals surface area contributed by atoms with Crippen LogP contribution in [0.1, 0.15) is 18.4 Å². The molecule has 6 heteroatoms. The van der Waals surface area contributed by atoms with Gasteiger partial charge in [-0.05, 0) is 49.0 Å². The first-order valence-corrected chi connectivity index (χ1v) is 9.71. The highest BCUT2D eigenvalue weighted by atomic mass is 79.9. The summed E-state index contributed by atoms with van der Waals surface area (Å²) < 4.78 is 1.02. The number of hydrogen-bond donors (Lipinski definition) is 3. The number of carbonyl (C=O) groups is 1. The zero-order chi connectivity index (χ0) is 15.7. The maximum Gasteiger partial charge on any atom is 0.226 e. The molecule has 2 atom stereocenters. The summed E-state index contributed by atoms with van der Waals surface area (Å²) in [6.07, 6.45) is 3.36. The van der Waals surface area contributed by atoms with Crippen LogP contribution in [0.2, 0.25) is 0 Å². The number of rotatable bonds is 9. The van der Waals surface area contributed by atoms with E-state index in [1.165, 1.54) is 0 Å². The Labute approximate surface area is 144 Å². The molecule has 0 aliphatic carbocycles. The Kier molecular flexibility index (Phi) is 9.47. The van der Waals surface area contributed by atoms with Gasteiger partial charge < -0.3 is 10.4 Å². The minimum Gasteiger partial charge on any atom is -0.374 e. The molecular formula is C15H22BrNO2S2. The van der Waals surface area contributed by atoms with Crippen LogP contribution < -0.4 is 5.32 Å². The van der Waals surface area contributed by atoms with Crippen molar-refractivity contribution in [3.05, 3.63) is 34.3 Å². The first-order valence-electron chi connectivity index (χ1n) is 6.89. The summed E-state index contributed by atoms with van der Waals surface area (Å²) >= 11 is 9.39. The van der Waals surface area contributed by atoms with Gasteiger partial charge in [0, 0.05) is 10.2 Å². The molecule has 0 aliphatic heterocycles. The molecule has 1 aromatic rings. The van der Waals surface area contributed by atoms with Crippen LogP contribution in [0.5, 0.6) is 0 Å². The van der Waals surface area contributed by atoms with Gasteiger partial charge in [0.1, 0.15) is 6.23 Å². The molecule has 0 fully saturated rings. The van der Waals surface area contributed by atoms with E-state index < -0.39 is 6.23 Å².